The van der Waals surface area contributed by atoms with Crippen molar-refractivity contribution in [1.29, 1.82) is 0 Å². The average molecular weight is 340 g/mol. The summed E-state index contributed by atoms with van der Waals surface area (Å²) in [6, 6.07) is 6.69. The van der Waals surface area contributed by atoms with Crippen LogP contribution in [0.4, 0.5) is 4.39 Å². The van der Waals surface area contributed by atoms with Crippen LogP contribution in [0, 0.1) is 12.7 Å². The van der Waals surface area contributed by atoms with E-state index in [1.165, 1.54) is 24.8 Å². The maximum Gasteiger partial charge on any atom is 0.161 e. The Hall–Kier alpha value is -1.20. The first-order valence-electron chi connectivity index (χ1n) is 5.58. The summed E-state index contributed by atoms with van der Waals surface area (Å²) in [6.07, 6.45) is 1.69. The lowest BCUT2D eigenvalue weighted by molar-refractivity contribution is 0.101. The molecule has 5 heteroatoms. The van der Waals surface area contributed by atoms with E-state index in [9.17, 15) is 9.18 Å². The molecule has 1 heterocycles. The molecular weight excluding hydrogens is 329 g/mol. The van der Waals surface area contributed by atoms with Gasteiger partial charge in [-0.25, -0.2) is 9.37 Å². The van der Waals surface area contributed by atoms with Gasteiger partial charge in [-0.2, -0.15) is 0 Å². The number of rotatable bonds is 3. The molecule has 1 aromatic carbocycles. The molecule has 0 unspecified atom stereocenters. The molecule has 0 aliphatic carbocycles. The Morgan fingerprint density at radius 3 is 2.68 bits per heavy atom. The number of aryl methyl sites for hydroxylation is 1. The van der Waals surface area contributed by atoms with Gasteiger partial charge < -0.3 is 0 Å². The number of nitrogens with zero attached hydrogens (tertiary/aromatic N) is 1. The second-order valence-corrected chi connectivity index (χ2v) is 6.05. The summed E-state index contributed by atoms with van der Waals surface area (Å²) < 4.78 is 14.4. The Morgan fingerprint density at radius 1 is 1.37 bits per heavy atom. The van der Waals surface area contributed by atoms with Crippen molar-refractivity contribution in [1.82, 2.24) is 4.98 Å². The van der Waals surface area contributed by atoms with Crippen molar-refractivity contribution in [3.8, 4) is 0 Å². The molecule has 0 fully saturated rings. The number of carbonyl (C=O) groups is 1. The zero-order valence-electron chi connectivity index (χ0n) is 10.4. The first-order chi connectivity index (χ1) is 8.97. The summed E-state index contributed by atoms with van der Waals surface area (Å²) in [7, 11) is 0. The predicted molar refractivity (Wildman–Crippen MR) is 77.2 cm³/mol. The van der Waals surface area contributed by atoms with Gasteiger partial charge in [-0.3, -0.25) is 4.79 Å². The van der Waals surface area contributed by atoms with E-state index in [4.69, 9.17) is 0 Å². The zero-order valence-corrected chi connectivity index (χ0v) is 12.8. The second kappa shape index (κ2) is 5.84. The van der Waals surface area contributed by atoms with Gasteiger partial charge in [0.2, 0.25) is 0 Å². The molecule has 2 rings (SSSR count). The van der Waals surface area contributed by atoms with E-state index in [2.05, 4.69) is 20.9 Å². The number of carbonyl (C=O) groups excluding carboxylic acids is 1. The fourth-order valence-electron chi connectivity index (χ4n) is 1.55. The molecule has 0 amide bonds. The van der Waals surface area contributed by atoms with Gasteiger partial charge in [-0.15, -0.1) is 0 Å². The van der Waals surface area contributed by atoms with Crippen molar-refractivity contribution in [3.05, 3.63) is 51.9 Å². The highest BCUT2D eigenvalue weighted by Gasteiger charge is 2.13. The van der Waals surface area contributed by atoms with E-state index in [1.807, 2.05) is 12.1 Å². The summed E-state index contributed by atoms with van der Waals surface area (Å²) in [5.74, 6) is -0.517. The standard InChI is InChI=1S/C14H11BrFNOS/c1-8-5-13(11(9(2)18)6-12(8)16)19-14-4-3-10(15)7-17-14/h3-7H,1-2H3. The lowest BCUT2D eigenvalue weighted by Crippen LogP contribution is -1.98. The lowest BCUT2D eigenvalue weighted by Gasteiger charge is -2.08. The van der Waals surface area contributed by atoms with Gasteiger partial charge in [0.05, 0.1) is 0 Å². The first-order valence-corrected chi connectivity index (χ1v) is 7.19. The smallest absolute Gasteiger partial charge is 0.161 e. The van der Waals surface area contributed by atoms with Crippen LogP contribution in [-0.4, -0.2) is 10.8 Å². The van der Waals surface area contributed by atoms with E-state index >= 15 is 0 Å². The zero-order chi connectivity index (χ0) is 14.0. The molecule has 98 valence electrons. The SMILES string of the molecule is CC(=O)c1cc(F)c(C)cc1Sc1ccc(Br)cn1. The third kappa shape index (κ3) is 3.42. The Kier molecular flexibility index (Phi) is 4.37. The number of ketones is 1. The first kappa shape index (κ1) is 14.2. The van der Waals surface area contributed by atoms with E-state index in [1.54, 1.807) is 19.2 Å². The fraction of sp³-hybridized carbons (Fsp3) is 0.143. The Bertz CT molecular complexity index is 628. The van der Waals surface area contributed by atoms with Crippen LogP contribution in [0.15, 0.2) is 44.9 Å². The van der Waals surface area contributed by atoms with Crippen LogP contribution in [0.3, 0.4) is 0 Å². The van der Waals surface area contributed by atoms with Gasteiger partial charge in [-0.05, 0) is 59.6 Å². The van der Waals surface area contributed by atoms with Crippen LogP contribution in [0.5, 0.6) is 0 Å². The van der Waals surface area contributed by atoms with Gasteiger partial charge in [-0.1, -0.05) is 11.8 Å². The molecule has 2 aromatic rings. The minimum Gasteiger partial charge on any atom is -0.294 e. The normalized spacial score (nSPS) is 10.5. The highest BCUT2D eigenvalue weighted by molar-refractivity contribution is 9.10. The fourth-order valence-corrected chi connectivity index (χ4v) is 2.80. The Labute approximate surface area is 123 Å². The van der Waals surface area contributed by atoms with Crippen molar-refractivity contribution in [2.24, 2.45) is 0 Å². The highest BCUT2D eigenvalue weighted by Crippen LogP contribution is 2.31. The molecule has 0 atom stereocenters. The maximum atomic E-state index is 13.5. The van der Waals surface area contributed by atoms with Crippen molar-refractivity contribution in [3.63, 3.8) is 0 Å². The molecule has 0 saturated carbocycles. The number of halogens is 2. The number of benzene rings is 1. The molecule has 0 aliphatic heterocycles. The van der Waals surface area contributed by atoms with Crippen molar-refractivity contribution in [2.45, 2.75) is 23.8 Å². The van der Waals surface area contributed by atoms with Gasteiger partial charge in [0.1, 0.15) is 10.8 Å². The number of hydrogen-bond acceptors (Lipinski definition) is 3. The van der Waals surface area contributed by atoms with Crippen molar-refractivity contribution < 1.29 is 9.18 Å². The molecule has 0 bridgehead atoms. The predicted octanol–water partition coefficient (Wildman–Crippen LogP) is 4.65. The van der Waals surface area contributed by atoms with Crippen LogP contribution in [0.25, 0.3) is 0 Å². The van der Waals surface area contributed by atoms with Crippen LogP contribution in [0.1, 0.15) is 22.8 Å². The van der Waals surface area contributed by atoms with Crippen LogP contribution < -0.4 is 0 Å². The van der Waals surface area contributed by atoms with E-state index in [-0.39, 0.29) is 11.6 Å². The quantitative estimate of drug-likeness (QED) is 0.762. The number of pyridine rings is 1. The molecule has 2 nitrogen and oxygen atoms in total. The summed E-state index contributed by atoms with van der Waals surface area (Å²) >= 11 is 4.67. The van der Waals surface area contributed by atoms with Crippen molar-refractivity contribution >= 4 is 33.5 Å². The highest BCUT2D eigenvalue weighted by atomic mass is 79.9. The Balaban J connectivity index is 2.41. The minimum absolute atomic E-state index is 0.154. The summed E-state index contributed by atoms with van der Waals surface area (Å²) in [4.78, 5) is 16.5. The van der Waals surface area contributed by atoms with Gasteiger partial charge in [0.25, 0.3) is 0 Å². The summed E-state index contributed by atoms with van der Waals surface area (Å²) in [6.45, 7) is 3.11. The van der Waals surface area contributed by atoms with Crippen LogP contribution in [0.2, 0.25) is 0 Å². The minimum atomic E-state index is -0.363. The number of Topliss-reactive ketones (excluding diaryl/α,β-unsaturated/α-hetero) is 1. The number of aromatic nitrogens is 1. The largest absolute Gasteiger partial charge is 0.294 e. The number of hydrogen-bond donors (Lipinski definition) is 0. The van der Waals surface area contributed by atoms with Gasteiger partial charge in [0.15, 0.2) is 5.78 Å². The Morgan fingerprint density at radius 2 is 2.11 bits per heavy atom. The molecule has 0 radical (unpaired) electrons. The molecule has 0 N–H and O–H groups in total. The molecule has 0 aliphatic rings. The second-order valence-electron chi connectivity index (χ2n) is 4.07. The topological polar surface area (TPSA) is 30.0 Å². The third-order valence-corrected chi connectivity index (χ3v) is 4.03. The van der Waals surface area contributed by atoms with E-state index in [0.717, 1.165) is 14.4 Å². The van der Waals surface area contributed by atoms with E-state index < -0.39 is 0 Å². The van der Waals surface area contributed by atoms with Crippen LogP contribution >= 0.6 is 27.7 Å². The third-order valence-electron chi connectivity index (χ3n) is 2.55. The molecule has 0 saturated heterocycles. The summed E-state index contributed by atoms with van der Waals surface area (Å²) in [5.41, 5.74) is 0.905. The maximum absolute atomic E-state index is 13.5. The summed E-state index contributed by atoms with van der Waals surface area (Å²) in [5, 5.41) is 0.761. The van der Waals surface area contributed by atoms with Crippen LogP contribution in [-0.2, 0) is 0 Å². The molecule has 0 spiro atoms. The lowest BCUT2D eigenvalue weighted by atomic mass is 10.1. The van der Waals surface area contributed by atoms with Gasteiger partial charge >= 0.3 is 0 Å². The van der Waals surface area contributed by atoms with Crippen molar-refractivity contribution in [2.75, 3.05) is 0 Å². The average Bonchev–Trinajstić information content (AvgIpc) is 2.36. The molecular formula is C14H11BrFNOS. The van der Waals surface area contributed by atoms with E-state index in [0.29, 0.717) is 11.1 Å². The monoisotopic (exact) mass is 339 g/mol. The molecule has 19 heavy (non-hydrogen) atoms. The van der Waals surface area contributed by atoms with Gasteiger partial charge in [0, 0.05) is 21.1 Å². The molecule has 1 aromatic heterocycles.